The molecule has 3 heteroatoms. The highest BCUT2D eigenvalue weighted by molar-refractivity contribution is 6.42. The Morgan fingerprint density at radius 1 is 1.29 bits per heavy atom. The Balaban J connectivity index is 2.36. The van der Waals surface area contributed by atoms with Gasteiger partial charge < -0.3 is 5.32 Å². The second kappa shape index (κ2) is 3.73. The molecule has 0 bridgehead atoms. The molecule has 0 aliphatic carbocycles. The summed E-state index contributed by atoms with van der Waals surface area (Å²) in [5, 5.41) is 4.65. The predicted molar refractivity (Wildman–Crippen MR) is 61.3 cm³/mol. The lowest BCUT2D eigenvalue weighted by Crippen LogP contribution is -2.24. The first kappa shape index (κ1) is 10.3. The smallest absolute Gasteiger partial charge is 0.0595 e. The van der Waals surface area contributed by atoms with Gasteiger partial charge in [-0.05, 0) is 30.7 Å². The van der Waals surface area contributed by atoms with Crippen LogP contribution in [0.3, 0.4) is 0 Å². The minimum Gasteiger partial charge on any atom is -0.316 e. The Morgan fingerprint density at radius 3 is 2.64 bits per heavy atom. The third-order valence-electron chi connectivity index (χ3n) is 2.99. The zero-order valence-corrected chi connectivity index (χ0v) is 9.62. The Labute approximate surface area is 94.4 Å². The van der Waals surface area contributed by atoms with E-state index in [0.29, 0.717) is 10.0 Å². The Morgan fingerprint density at radius 2 is 2.07 bits per heavy atom. The van der Waals surface area contributed by atoms with Gasteiger partial charge in [0.25, 0.3) is 0 Å². The molecule has 0 saturated carbocycles. The topological polar surface area (TPSA) is 12.0 Å². The van der Waals surface area contributed by atoms with Gasteiger partial charge in [0.1, 0.15) is 0 Å². The van der Waals surface area contributed by atoms with Crippen LogP contribution in [0, 0.1) is 0 Å². The van der Waals surface area contributed by atoms with Gasteiger partial charge in [-0.1, -0.05) is 36.2 Å². The van der Waals surface area contributed by atoms with Crippen LogP contribution in [-0.2, 0) is 5.41 Å². The summed E-state index contributed by atoms with van der Waals surface area (Å²) in [4.78, 5) is 0. The Kier molecular flexibility index (Phi) is 2.74. The van der Waals surface area contributed by atoms with E-state index in [0.717, 1.165) is 19.5 Å². The molecule has 0 amide bonds. The fraction of sp³-hybridized carbons (Fsp3) is 0.455. The fourth-order valence-corrected chi connectivity index (χ4v) is 2.23. The van der Waals surface area contributed by atoms with Gasteiger partial charge in [0.15, 0.2) is 0 Å². The van der Waals surface area contributed by atoms with E-state index in [4.69, 9.17) is 23.2 Å². The monoisotopic (exact) mass is 229 g/mol. The SMILES string of the molecule is CC1(c2ccc(Cl)c(Cl)c2)CCNC1. The molecule has 1 aromatic carbocycles. The molecule has 1 nitrogen and oxygen atoms in total. The van der Waals surface area contributed by atoms with E-state index in [1.165, 1.54) is 5.56 Å². The summed E-state index contributed by atoms with van der Waals surface area (Å²) in [7, 11) is 0. The van der Waals surface area contributed by atoms with E-state index in [2.05, 4.69) is 18.3 Å². The quantitative estimate of drug-likeness (QED) is 0.780. The molecule has 0 spiro atoms. The van der Waals surface area contributed by atoms with Gasteiger partial charge in [-0.15, -0.1) is 0 Å². The minimum atomic E-state index is 0.216. The third kappa shape index (κ3) is 1.77. The van der Waals surface area contributed by atoms with Gasteiger partial charge in [0, 0.05) is 12.0 Å². The van der Waals surface area contributed by atoms with Gasteiger partial charge in [-0.2, -0.15) is 0 Å². The van der Waals surface area contributed by atoms with Crippen LogP contribution in [0.25, 0.3) is 0 Å². The summed E-state index contributed by atoms with van der Waals surface area (Å²) < 4.78 is 0. The number of rotatable bonds is 1. The first-order valence-corrected chi connectivity index (χ1v) is 5.54. The molecule has 1 unspecified atom stereocenters. The molecule has 14 heavy (non-hydrogen) atoms. The maximum atomic E-state index is 6.00. The van der Waals surface area contributed by atoms with E-state index in [1.807, 2.05) is 12.1 Å². The van der Waals surface area contributed by atoms with E-state index in [9.17, 15) is 0 Å². The minimum absolute atomic E-state index is 0.216. The van der Waals surface area contributed by atoms with Crippen molar-refractivity contribution in [2.24, 2.45) is 0 Å². The normalized spacial score (nSPS) is 26.8. The first-order valence-electron chi connectivity index (χ1n) is 4.78. The van der Waals surface area contributed by atoms with Crippen LogP contribution < -0.4 is 5.32 Å². The van der Waals surface area contributed by atoms with E-state index < -0.39 is 0 Å². The average Bonchev–Trinajstić information content (AvgIpc) is 2.58. The molecular formula is C11H13Cl2N. The van der Waals surface area contributed by atoms with Gasteiger partial charge in [-0.3, -0.25) is 0 Å². The molecule has 1 heterocycles. The van der Waals surface area contributed by atoms with Gasteiger partial charge in [-0.25, -0.2) is 0 Å². The van der Waals surface area contributed by atoms with Crippen molar-refractivity contribution in [3.8, 4) is 0 Å². The number of halogens is 2. The molecule has 0 aromatic heterocycles. The summed E-state index contributed by atoms with van der Waals surface area (Å²) in [5.41, 5.74) is 1.49. The molecule has 1 aliphatic heterocycles. The summed E-state index contributed by atoms with van der Waals surface area (Å²) in [6, 6.07) is 5.93. The molecule has 76 valence electrons. The number of nitrogens with one attached hydrogen (secondary N) is 1. The second-order valence-electron chi connectivity index (χ2n) is 4.12. The van der Waals surface area contributed by atoms with Gasteiger partial charge in [0.2, 0.25) is 0 Å². The van der Waals surface area contributed by atoms with Crippen molar-refractivity contribution in [1.29, 1.82) is 0 Å². The summed E-state index contributed by atoms with van der Waals surface area (Å²) in [6.45, 7) is 4.36. The predicted octanol–water partition coefficient (Wildman–Crippen LogP) is 3.24. The molecule has 1 aliphatic rings. The van der Waals surface area contributed by atoms with Crippen LogP contribution in [0.1, 0.15) is 18.9 Å². The number of hydrogen-bond acceptors (Lipinski definition) is 1. The van der Waals surface area contributed by atoms with Crippen molar-refractivity contribution in [3.63, 3.8) is 0 Å². The fourth-order valence-electron chi connectivity index (χ4n) is 1.93. The maximum absolute atomic E-state index is 6.00. The van der Waals surface area contributed by atoms with Crippen LogP contribution >= 0.6 is 23.2 Å². The van der Waals surface area contributed by atoms with E-state index in [-0.39, 0.29) is 5.41 Å². The highest BCUT2D eigenvalue weighted by Gasteiger charge is 2.30. The summed E-state index contributed by atoms with van der Waals surface area (Å²) >= 11 is 11.9. The van der Waals surface area contributed by atoms with Crippen LogP contribution in [0.5, 0.6) is 0 Å². The van der Waals surface area contributed by atoms with E-state index >= 15 is 0 Å². The van der Waals surface area contributed by atoms with Crippen LogP contribution in [0.2, 0.25) is 10.0 Å². The number of hydrogen-bond donors (Lipinski definition) is 1. The van der Waals surface area contributed by atoms with Gasteiger partial charge >= 0.3 is 0 Å². The zero-order chi connectivity index (χ0) is 10.2. The molecule has 1 fully saturated rings. The summed E-state index contributed by atoms with van der Waals surface area (Å²) in [6.07, 6.45) is 1.16. The molecule has 1 saturated heterocycles. The maximum Gasteiger partial charge on any atom is 0.0595 e. The Hall–Kier alpha value is -0.240. The molecule has 1 aromatic rings. The van der Waals surface area contributed by atoms with Crippen molar-refractivity contribution < 1.29 is 0 Å². The van der Waals surface area contributed by atoms with Crippen molar-refractivity contribution >= 4 is 23.2 Å². The van der Waals surface area contributed by atoms with Crippen LogP contribution in [-0.4, -0.2) is 13.1 Å². The first-order chi connectivity index (χ1) is 6.62. The van der Waals surface area contributed by atoms with E-state index in [1.54, 1.807) is 0 Å². The van der Waals surface area contributed by atoms with Crippen molar-refractivity contribution in [2.75, 3.05) is 13.1 Å². The molecular weight excluding hydrogens is 217 g/mol. The van der Waals surface area contributed by atoms with Crippen LogP contribution in [0.15, 0.2) is 18.2 Å². The lowest BCUT2D eigenvalue weighted by Gasteiger charge is -2.23. The van der Waals surface area contributed by atoms with Crippen molar-refractivity contribution in [1.82, 2.24) is 5.32 Å². The van der Waals surface area contributed by atoms with Crippen molar-refractivity contribution in [2.45, 2.75) is 18.8 Å². The lowest BCUT2D eigenvalue weighted by molar-refractivity contribution is 0.525. The zero-order valence-electron chi connectivity index (χ0n) is 8.11. The van der Waals surface area contributed by atoms with Gasteiger partial charge in [0.05, 0.1) is 10.0 Å². The molecule has 1 atom stereocenters. The highest BCUT2D eigenvalue weighted by Crippen LogP contribution is 2.33. The number of benzene rings is 1. The summed E-state index contributed by atoms with van der Waals surface area (Å²) in [5.74, 6) is 0. The molecule has 2 rings (SSSR count). The standard InChI is InChI=1S/C11H13Cl2N/c1-11(4-5-14-7-11)8-2-3-9(12)10(13)6-8/h2-3,6,14H,4-5,7H2,1H3. The highest BCUT2D eigenvalue weighted by atomic mass is 35.5. The third-order valence-corrected chi connectivity index (χ3v) is 3.72. The Bertz CT molecular complexity index is 343. The average molecular weight is 230 g/mol. The lowest BCUT2D eigenvalue weighted by atomic mass is 9.82. The molecule has 0 radical (unpaired) electrons. The van der Waals surface area contributed by atoms with Crippen LogP contribution in [0.4, 0.5) is 0 Å². The second-order valence-corrected chi connectivity index (χ2v) is 4.93. The van der Waals surface area contributed by atoms with Crippen molar-refractivity contribution in [3.05, 3.63) is 33.8 Å². The largest absolute Gasteiger partial charge is 0.316 e. The molecule has 1 N–H and O–H groups in total.